The largest absolute Gasteiger partial charge is 0.497 e. The van der Waals surface area contributed by atoms with E-state index in [2.05, 4.69) is 11.4 Å². The van der Waals surface area contributed by atoms with Gasteiger partial charge in [-0.3, -0.25) is 0 Å². The Hall–Kier alpha value is -1.73. The van der Waals surface area contributed by atoms with Gasteiger partial charge in [0.25, 0.3) is 0 Å². The van der Waals surface area contributed by atoms with Crippen LogP contribution in [0, 0.1) is 11.3 Å². The molecule has 0 aromatic heterocycles. The van der Waals surface area contributed by atoms with Gasteiger partial charge in [0.15, 0.2) is 0 Å². The molecule has 1 aromatic carbocycles. The van der Waals surface area contributed by atoms with Gasteiger partial charge in [0.05, 0.1) is 19.8 Å². The number of methoxy groups -OCH3 is 2. The molecule has 0 bridgehead atoms. The first kappa shape index (κ1) is 13.3. The first-order valence-corrected chi connectivity index (χ1v) is 5.52. The van der Waals surface area contributed by atoms with Crippen LogP contribution in [0.2, 0.25) is 0 Å². The smallest absolute Gasteiger partial charge is 0.148 e. The molecule has 0 aliphatic rings. The maximum atomic E-state index is 9.27. The number of rotatable bonds is 6. The summed E-state index contributed by atoms with van der Waals surface area (Å²) >= 11 is 0. The van der Waals surface area contributed by atoms with E-state index < -0.39 is 5.54 Å². The summed E-state index contributed by atoms with van der Waals surface area (Å²) in [6.45, 7) is 2.30. The topological polar surface area (TPSA) is 54.3 Å². The molecule has 0 saturated heterocycles. The Labute approximate surface area is 102 Å². The van der Waals surface area contributed by atoms with Crippen molar-refractivity contribution in [2.24, 2.45) is 0 Å². The highest BCUT2D eigenvalue weighted by Gasteiger charge is 2.27. The third-order valence-corrected chi connectivity index (χ3v) is 2.66. The average molecular weight is 234 g/mol. The number of ether oxygens (including phenoxy) is 2. The van der Waals surface area contributed by atoms with Crippen molar-refractivity contribution in [3.05, 3.63) is 24.3 Å². The summed E-state index contributed by atoms with van der Waals surface area (Å²) in [5.74, 6) is 0.760. The Morgan fingerprint density at radius 1 is 1.41 bits per heavy atom. The monoisotopic (exact) mass is 234 g/mol. The molecule has 1 N–H and O–H groups in total. The fourth-order valence-electron chi connectivity index (χ4n) is 1.59. The van der Waals surface area contributed by atoms with Gasteiger partial charge in [-0.25, -0.2) is 0 Å². The predicted molar refractivity (Wildman–Crippen MR) is 67.1 cm³/mol. The third-order valence-electron chi connectivity index (χ3n) is 2.66. The second-order valence-corrected chi connectivity index (χ2v) is 3.84. The van der Waals surface area contributed by atoms with E-state index in [4.69, 9.17) is 9.47 Å². The summed E-state index contributed by atoms with van der Waals surface area (Å²) in [5.41, 5.74) is 0.158. The highest BCUT2D eigenvalue weighted by molar-refractivity contribution is 5.51. The van der Waals surface area contributed by atoms with Crippen molar-refractivity contribution < 1.29 is 9.47 Å². The number of anilines is 1. The summed E-state index contributed by atoms with van der Waals surface area (Å²) in [4.78, 5) is 0. The van der Waals surface area contributed by atoms with Gasteiger partial charge < -0.3 is 14.8 Å². The zero-order chi connectivity index (χ0) is 12.7. The zero-order valence-electron chi connectivity index (χ0n) is 10.5. The van der Waals surface area contributed by atoms with Crippen molar-refractivity contribution in [1.82, 2.24) is 0 Å². The first-order chi connectivity index (χ1) is 8.19. The Bertz CT molecular complexity index is 401. The van der Waals surface area contributed by atoms with Crippen molar-refractivity contribution >= 4 is 5.69 Å². The van der Waals surface area contributed by atoms with Gasteiger partial charge >= 0.3 is 0 Å². The van der Waals surface area contributed by atoms with E-state index in [0.29, 0.717) is 13.0 Å². The Balaban J connectivity index is 2.89. The van der Waals surface area contributed by atoms with Crippen LogP contribution in [-0.2, 0) is 4.74 Å². The molecule has 92 valence electrons. The molecule has 1 unspecified atom stereocenters. The number of nitrogens with zero attached hydrogens (tertiary/aromatic N) is 1. The number of hydrogen-bond acceptors (Lipinski definition) is 4. The highest BCUT2D eigenvalue weighted by Crippen LogP contribution is 2.22. The molecular formula is C13H18N2O2. The number of nitrogens with one attached hydrogen (secondary N) is 1. The van der Waals surface area contributed by atoms with Gasteiger partial charge in [-0.05, 0) is 18.6 Å². The second-order valence-electron chi connectivity index (χ2n) is 3.84. The second kappa shape index (κ2) is 6.12. The minimum absolute atomic E-state index is 0.344. The molecule has 1 rings (SSSR count). The van der Waals surface area contributed by atoms with E-state index in [1.54, 1.807) is 14.2 Å². The molecule has 0 aliphatic heterocycles. The van der Waals surface area contributed by atoms with Gasteiger partial charge in [-0.15, -0.1) is 0 Å². The summed E-state index contributed by atoms with van der Waals surface area (Å²) in [5, 5.41) is 12.5. The van der Waals surface area contributed by atoms with E-state index in [1.165, 1.54) is 0 Å². The zero-order valence-corrected chi connectivity index (χ0v) is 10.5. The van der Waals surface area contributed by atoms with Crippen molar-refractivity contribution in [2.75, 3.05) is 26.1 Å². The molecule has 0 heterocycles. The van der Waals surface area contributed by atoms with Crippen LogP contribution < -0.4 is 10.1 Å². The molecular weight excluding hydrogens is 216 g/mol. The molecule has 1 aromatic rings. The lowest BCUT2D eigenvalue weighted by Gasteiger charge is -2.26. The summed E-state index contributed by atoms with van der Waals surface area (Å²) in [6, 6.07) is 9.78. The summed E-state index contributed by atoms with van der Waals surface area (Å²) < 4.78 is 10.2. The van der Waals surface area contributed by atoms with Crippen LogP contribution in [0.15, 0.2) is 24.3 Å². The van der Waals surface area contributed by atoms with E-state index in [-0.39, 0.29) is 0 Å². The van der Waals surface area contributed by atoms with Crippen LogP contribution in [0.5, 0.6) is 5.75 Å². The fraction of sp³-hybridized carbons (Fsp3) is 0.462. The van der Waals surface area contributed by atoms with E-state index in [9.17, 15) is 5.26 Å². The van der Waals surface area contributed by atoms with Crippen LogP contribution >= 0.6 is 0 Å². The molecule has 0 amide bonds. The normalized spacial score (nSPS) is 13.5. The van der Waals surface area contributed by atoms with Gasteiger partial charge in [-0.1, -0.05) is 13.0 Å². The van der Waals surface area contributed by atoms with Crippen LogP contribution in [0.4, 0.5) is 5.69 Å². The quantitative estimate of drug-likeness (QED) is 0.821. The van der Waals surface area contributed by atoms with Crippen LogP contribution in [0.25, 0.3) is 0 Å². The lowest BCUT2D eigenvalue weighted by atomic mass is 9.99. The molecule has 17 heavy (non-hydrogen) atoms. The Kier molecular flexibility index (Phi) is 4.80. The maximum Gasteiger partial charge on any atom is 0.148 e. The maximum absolute atomic E-state index is 9.27. The standard InChI is InChI=1S/C13H18N2O2/c1-4-13(9-14,10-16-2)15-11-6-5-7-12(8-11)17-3/h5-8,15H,4,10H2,1-3H3. The third kappa shape index (κ3) is 3.36. The molecule has 4 nitrogen and oxygen atoms in total. The first-order valence-electron chi connectivity index (χ1n) is 5.52. The number of hydrogen-bond donors (Lipinski definition) is 1. The van der Waals surface area contributed by atoms with Crippen LogP contribution in [0.3, 0.4) is 0 Å². The minimum atomic E-state index is -0.693. The van der Waals surface area contributed by atoms with E-state index in [0.717, 1.165) is 11.4 Å². The molecule has 0 fully saturated rings. The van der Waals surface area contributed by atoms with E-state index in [1.807, 2.05) is 31.2 Å². The summed E-state index contributed by atoms with van der Waals surface area (Å²) in [6.07, 6.45) is 0.661. The van der Waals surface area contributed by atoms with Gasteiger partial charge in [0.2, 0.25) is 0 Å². The predicted octanol–water partition coefficient (Wildman–Crippen LogP) is 2.43. The van der Waals surface area contributed by atoms with Gasteiger partial charge in [0.1, 0.15) is 11.3 Å². The van der Waals surface area contributed by atoms with Crippen molar-refractivity contribution in [3.63, 3.8) is 0 Å². The number of benzene rings is 1. The Morgan fingerprint density at radius 3 is 2.71 bits per heavy atom. The molecule has 0 spiro atoms. The minimum Gasteiger partial charge on any atom is -0.497 e. The lowest BCUT2D eigenvalue weighted by molar-refractivity contribution is 0.162. The van der Waals surface area contributed by atoms with Crippen LogP contribution in [0.1, 0.15) is 13.3 Å². The van der Waals surface area contributed by atoms with Gasteiger partial charge in [0, 0.05) is 18.9 Å². The SMILES string of the molecule is CCC(C#N)(COC)Nc1cccc(OC)c1. The van der Waals surface area contributed by atoms with Crippen LogP contribution in [-0.4, -0.2) is 26.4 Å². The van der Waals surface area contributed by atoms with Crippen molar-refractivity contribution in [3.8, 4) is 11.8 Å². The molecule has 0 saturated carbocycles. The molecule has 4 heteroatoms. The number of nitriles is 1. The molecule has 1 atom stereocenters. The lowest BCUT2D eigenvalue weighted by Crippen LogP contribution is -2.40. The Morgan fingerprint density at radius 2 is 2.18 bits per heavy atom. The van der Waals surface area contributed by atoms with E-state index >= 15 is 0 Å². The van der Waals surface area contributed by atoms with Crippen molar-refractivity contribution in [1.29, 1.82) is 5.26 Å². The summed E-state index contributed by atoms with van der Waals surface area (Å²) in [7, 11) is 3.21. The molecule has 0 aliphatic carbocycles. The van der Waals surface area contributed by atoms with Crippen molar-refractivity contribution in [2.45, 2.75) is 18.9 Å². The molecule has 0 radical (unpaired) electrons. The average Bonchev–Trinajstić information content (AvgIpc) is 2.38. The van der Waals surface area contributed by atoms with Gasteiger partial charge in [-0.2, -0.15) is 5.26 Å². The fourth-order valence-corrected chi connectivity index (χ4v) is 1.59. The highest BCUT2D eigenvalue weighted by atomic mass is 16.5.